The topological polar surface area (TPSA) is 35.6 Å². The number of carbonyl (C=O) groups excluding carboxylic acids is 1. The number of likely N-dealkylation sites (N-methyl/N-ethyl adjacent to an activating group) is 1. The number of nitrogens with one attached hydrogen (secondary N) is 1. The molecule has 0 aromatic carbocycles. The van der Waals surface area contributed by atoms with Crippen LogP contribution in [0, 0.1) is 5.92 Å². The van der Waals surface area contributed by atoms with Crippen LogP contribution in [0.5, 0.6) is 0 Å². The summed E-state index contributed by atoms with van der Waals surface area (Å²) in [5.74, 6) is 1.09. The Balaban J connectivity index is 1.58. The van der Waals surface area contributed by atoms with Crippen molar-refractivity contribution in [1.82, 2.24) is 15.1 Å². The maximum atomic E-state index is 12.1. The molecule has 0 bridgehead atoms. The lowest BCUT2D eigenvalue weighted by atomic mass is 9.93. The summed E-state index contributed by atoms with van der Waals surface area (Å²) in [6.45, 7) is 6.64. The van der Waals surface area contributed by atoms with Crippen LogP contribution in [0.2, 0.25) is 0 Å². The van der Waals surface area contributed by atoms with Crippen LogP contribution >= 0.6 is 0 Å². The van der Waals surface area contributed by atoms with Crippen LogP contribution in [0.1, 0.15) is 38.5 Å². The van der Waals surface area contributed by atoms with Crippen molar-refractivity contribution in [3.05, 3.63) is 0 Å². The molecule has 4 nitrogen and oxygen atoms in total. The molecule has 1 amide bonds. The Kier molecular flexibility index (Phi) is 6.11. The highest BCUT2D eigenvalue weighted by Crippen LogP contribution is 2.18. The molecule has 2 rings (SSSR count). The molecule has 4 heteroatoms. The minimum Gasteiger partial charge on any atom is -0.344 e. The number of hydrogen-bond donors (Lipinski definition) is 1. The lowest BCUT2D eigenvalue weighted by Gasteiger charge is -2.24. The van der Waals surface area contributed by atoms with E-state index in [0.717, 1.165) is 44.9 Å². The monoisotopic (exact) mass is 267 g/mol. The number of rotatable bonds is 6. The van der Waals surface area contributed by atoms with Crippen LogP contribution in [0.15, 0.2) is 0 Å². The zero-order valence-electron chi connectivity index (χ0n) is 12.4. The molecule has 2 saturated heterocycles. The summed E-state index contributed by atoms with van der Waals surface area (Å²) in [4.78, 5) is 16.5. The fourth-order valence-corrected chi connectivity index (χ4v) is 3.11. The second-order valence-electron chi connectivity index (χ2n) is 6.10. The number of piperidine rings is 1. The molecule has 2 fully saturated rings. The zero-order chi connectivity index (χ0) is 13.5. The van der Waals surface area contributed by atoms with E-state index in [1.165, 1.54) is 38.8 Å². The molecule has 2 aliphatic rings. The van der Waals surface area contributed by atoms with E-state index in [9.17, 15) is 4.79 Å². The molecule has 0 saturated carbocycles. The molecule has 0 aromatic heterocycles. The van der Waals surface area contributed by atoms with E-state index in [4.69, 9.17) is 0 Å². The van der Waals surface area contributed by atoms with Crippen molar-refractivity contribution in [1.29, 1.82) is 0 Å². The molecule has 0 spiro atoms. The first-order valence-electron chi connectivity index (χ1n) is 7.93. The van der Waals surface area contributed by atoms with Crippen LogP contribution in [0.4, 0.5) is 0 Å². The third kappa shape index (κ3) is 5.11. The van der Waals surface area contributed by atoms with Gasteiger partial charge in [-0.25, -0.2) is 0 Å². The van der Waals surface area contributed by atoms with E-state index in [1.807, 2.05) is 11.9 Å². The number of amides is 1. The third-order valence-corrected chi connectivity index (χ3v) is 4.60. The van der Waals surface area contributed by atoms with Crippen LogP contribution < -0.4 is 5.32 Å². The molecular weight excluding hydrogens is 238 g/mol. The fourth-order valence-electron chi connectivity index (χ4n) is 3.11. The first-order valence-corrected chi connectivity index (χ1v) is 7.93. The molecule has 0 atom stereocenters. The normalized spacial score (nSPS) is 21.7. The van der Waals surface area contributed by atoms with Gasteiger partial charge in [-0.2, -0.15) is 0 Å². The van der Waals surface area contributed by atoms with E-state index in [2.05, 4.69) is 10.2 Å². The summed E-state index contributed by atoms with van der Waals surface area (Å²) in [5, 5.41) is 3.38. The second kappa shape index (κ2) is 7.85. The Labute approximate surface area is 117 Å². The van der Waals surface area contributed by atoms with Crippen molar-refractivity contribution in [3.63, 3.8) is 0 Å². The Morgan fingerprint density at radius 1 is 1.26 bits per heavy atom. The van der Waals surface area contributed by atoms with E-state index >= 15 is 0 Å². The highest BCUT2D eigenvalue weighted by Gasteiger charge is 2.17. The van der Waals surface area contributed by atoms with E-state index in [0.29, 0.717) is 5.91 Å². The lowest BCUT2D eigenvalue weighted by Crippen LogP contribution is -2.35. The van der Waals surface area contributed by atoms with E-state index in [1.54, 1.807) is 0 Å². The van der Waals surface area contributed by atoms with Gasteiger partial charge in [-0.3, -0.25) is 4.79 Å². The molecule has 19 heavy (non-hydrogen) atoms. The van der Waals surface area contributed by atoms with Crippen molar-refractivity contribution in [2.75, 3.05) is 46.3 Å². The quantitative estimate of drug-likeness (QED) is 0.788. The van der Waals surface area contributed by atoms with Gasteiger partial charge in [0, 0.05) is 26.6 Å². The van der Waals surface area contributed by atoms with Crippen molar-refractivity contribution in [2.24, 2.45) is 5.92 Å². The third-order valence-electron chi connectivity index (χ3n) is 4.60. The maximum absolute atomic E-state index is 12.1. The molecule has 1 N–H and O–H groups in total. The number of carbonyl (C=O) groups is 1. The minimum absolute atomic E-state index is 0.331. The van der Waals surface area contributed by atoms with Gasteiger partial charge in [0.2, 0.25) is 5.91 Å². The van der Waals surface area contributed by atoms with Gasteiger partial charge >= 0.3 is 0 Å². The molecule has 0 radical (unpaired) electrons. The molecule has 0 aliphatic carbocycles. The number of nitrogens with zero attached hydrogens (tertiary/aromatic N) is 2. The summed E-state index contributed by atoms with van der Waals surface area (Å²) < 4.78 is 0. The lowest BCUT2D eigenvalue weighted by molar-refractivity contribution is -0.130. The molecule has 2 heterocycles. The van der Waals surface area contributed by atoms with Crippen molar-refractivity contribution >= 4 is 5.91 Å². The Morgan fingerprint density at radius 2 is 1.95 bits per heavy atom. The smallest absolute Gasteiger partial charge is 0.222 e. The first kappa shape index (κ1) is 14.8. The Morgan fingerprint density at radius 3 is 2.63 bits per heavy atom. The van der Waals surface area contributed by atoms with E-state index in [-0.39, 0.29) is 0 Å². The van der Waals surface area contributed by atoms with Crippen LogP contribution in [-0.2, 0) is 4.79 Å². The molecule has 2 aliphatic heterocycles. The van der Waals surface area contributed by atoms with Crippen molar-refractivity contribution in [3.8, 4) is 0 Å². The molecule has 0 unspecified atom stereocenters. The average molecular weight is 267 g/mol. The van der Waals surface area contributed by atoms with Gasteiger partial charge in [0.1, 0.15) is 0 Å². The van der Waals surface area contributed by atoms with Gasteiger partial charge in [-0.15, -0.1) is 0 Å². The highest BCUT2D eigenvalue weighted by molar-refractivity contribution is 5.75. The van der Waals surface area contributed by atoms with E-state index < -0.39 is 0 Å². The summed E-state index contributed by atoms with van der Waals surface area (Å²) >= 11 is 0. The highest BCUT2D eigenvalue weighted by atomic mass is 16.2. The predicted octanol–water partition coefficient (Wildman–Crippen LogP) is 1.32. The largest absolute Gasteiger partial charge is 0.344 e. The fraction of sp³-hybridized carbons (Fsp3) is 0.933. The summed E-state index contributed by atoms with van der Waals surface area (Å²) in [6.07, 6.45) is 6.95. The Hall–Kier alpha value is -0.610. The SMILES string of the molecule is CN(CCN1CCCC1)C(=O)CCC1CCNCC1. The van der Waals surface area contributed by atoms with Crippen LogP contribution in [0.3, 0.4) is 0 Å². The summed E-state index contributed by atoms with van der Waals surface area (Å²) in [7, 11) is 1.96. The van der Waals surface area contributed by atoms with Crippen molar-refractivity contribution < 1.29 is 4.79 Å². The number of likely N-dealkylation sites (tertiary alicyclic amines) is 1. The first-order chi connectivity index (χ1) is 9.25. The zero-order valence-corrected chi connectivity index (χ0v) is 12.4. The molecule has 110 valence electrons. The average Bonchev–Trinajstić information content (AvgIpc) is 2.96. The standard InChI is InChI=1S/C15H29N3O/c1-17(12-13-18-10-2-3-11-18)15(19)5-4-14-6-8-16-9-7-14/h14,16H,2-13H2,1H3. The van der Waals surface area contributed by atoms with Crippen LogP contribution in [-0.4, -0.2) is 62.0 Å². The summed E-state index contributed by atoms with van der Waals surface area (Å²) in [6, 6.07) is 0. The summed E-state index contributed by atoms with van der Waals surface area (Å²) in [5.41, 5.74) is 0. The Bertz CT molecular complexity index is 271. The van der Waals surface area contributed by atoms with Gasteiger partial charge in [0.05, 0.1) is 0 Å². The van der Waals surface area contributed by atoms with Gasteiger partial charge in [-0.05, 0) is 64.2 Å². The van der Waals surface area contributed by atoms with Crippen LogP contribution in [0.25, 0.3) is 0 Å². The maximum Gasteiger partial charge on any atom is 0.222 e. The van der Waals surface area contributed by atoms with Gasteiger partial charge in [-0.1, -0.05) is 0 Å². The second-order valence-corrected chi connectivity index (χ2v) is 6.10. The predicted molar refractivity (Wildman–Crippen MR) is 78.1 cm³/mol. The number of hydrogen-bond acceptors (Lipinski definition) is 3. The van der Waals surface area contributed by atoms with Gasteiger partial charge < -0.3 is 15.1 Å². The van der Waals surface area contributed by atoms with Gasteiger partial charge in [0.15, 0.2) is 0 Å². The minimum atomic E-state index is 0.331. The van der Waals surface area contributed by atoms with Gasteiger partial charge in [0.25, 0.3) is 0 Å². The van der Waals surface area contributed by atoms with Crippen molar-refractivity contribution in [2.45, 2.75) is 38.5 Å². The molecule has 0 aromatic rings. The molecular formula is C15H29N3O.